The average molecular weight is 454 g/mol. The molecule has 33 heavy (non-hydrogen) atoms. The van der Waals surface area contributed by atoms with Crippen molar-refractivity contribution in [3.8, 4) is 11.5 Å². The Bertz CT molecular complexity index is 915. The predicted molar refractivity (Wildman–Crippen MR) is 129 cm³/mol. The number of benzene rings is 2. The van der Waals surface area contributed by atoms with Crippen molar-refractivity contribution in [1.82, 2.24) is 10.4 Å². The lowest BCUT2D eigenvalue weighted by Crippen LogP contribution is -2.54. The Balaban J connectivity index is 1.64. The summed E-state index contributed by atoms with van der Waals surface area (Å²) in [6.07, 6.45) is 4.77. The summed E-state index contributed by atoms with van der Waals surface area (Å²) < 4.78 is 17.3. The third-order valence-electron chi connectivity index (χ3n) is 5.43. The van der Waals surface area contributed by atoms with Gasteiger partial charge in [-0.2, -0.15) is 0 Å². The maximum atomic E-state index is 11.5. The highest BCUT2D eigenvalue weighted by molar-refractivity contribution is 5.69. The summed E-state index contributed by atoms with van der Waals surface area (Å²) in [5.41, 5.74) is 3.21. The minimum atomic E-state index is -0.760. The van der Waals surface area contributed by atoms with Gasteiger partial charge < -0.3 is 14.2 Å². The monoisotopic (exact) mass is 453 g/mol. The molecule has 0 aliphatic carbocycles. The first-order chi connectivity index (χ1) is 15.8. The second kappa shape index (κ2) is 11.3. The van der Waals surface area contributed by atoms with Crippen molar-refractivity contribution in [2.75, 3.05) is 13.2 Å². The fourth-order valence-corrected chi connectivity index (χ4v) is 3.57. The van der Waals surface area contributed by atoms with Crippen molar-refractivity contribution >= 4 is 12.3 Å². The number of esters is 1. The fraction of sp³-hybridized carbons (Fsp3) is 0.462. The van der Waals surface area contributed by atoms with Gasteiger partial charge in [-0.1, -0.05) is 36.8 Å². The molecule has 0 spiro atoms. The lowest BCUT2D eigenvalue weighted by Gasteiger charge is -2.39. The number of unbranched alkanes of at least 4 members (excludes halogenated alkanes) is 2. The van der Waals surface area contributed by atoms with Crippen LogP contribution in [0.4, 0.5) is 0 Å². The van der Waals surface area contributed by atoms with E-state index in [1.54, 1.807) is 6.34 Å². The summed E-state index contributed by atoms with van der Waals surface area (Å²) >= 11 is 0. The van der Waals surface area contributed by atoms with Crippen LogP contribution in [0.25, 0.3) is 0 Å². The van der Waals surface area contributed by atoms with E-state index in [4.69, 9.17) is 14.2 Å². The van der Waals surface area contributed by atoms with E-state index in [1.807, 2.05) is 87.3 Å². The van der Waals surface area contributed by atoms with Gasteiger partial charge in [0.15, 0.2) is 5.72 Å². The van der Waals surface area contributed by atoms with Crippen LogP contribution in [-0.4, -0.2) is 36.2 Å². The zero-order valence-corrected chi connectivity index (χ0v) is 20.0. The molecule has 7 nitrogen and oxygen atoms in total. The van der Waals surface area contributed by atoms with Gasteiger partial charge in [0.25, 0.3) is 0 Å². The predicted octanol–water partition coefficient (Wildman–Crippen LogP) is 5.38. The third kappa shape index (κ3) is 7.04. The molecule has 0 saturated carbocycles. The van der Waals surface area contributed by atoms with Crippen molar-refractivity contribution in [2.45, 2.75) is 64.8 Å². The van der Waals surface area contributed by atoms with E-state index < -0.39 is 11.4 Å². The van der Waals surface area contributed by atoms with Gasteiger partial charge in [-0.25, -0.2) is 5.43 Å². The molecule has 1 aliphatic rings. The Morgan fingerprint density at radius 3 is 2.36 bits per heavy atom. The van der Waals surface area contributed by atoms with Crippen molar-refractivity contribution in [2.24, 2.45) is 4.99 Å². The fourth-order valence-electron chi connectivity index (χ4n) is 3.57. The number of aliphatic imine (C=N–C) groups is 1. The number of ether oxygens (including phenoxy) is 3. The van der Waals surface area contributed by atoms with Gasteiger partial charge >= 0.3 is 5.97 Å². The Hall–Kier alpha value is -2.90. The minimum absolute atomic E-state index is 0.138. The zero-order valence-electron chi connectivity index (χ0n) is 20.0. The molecular formula is C26H35N3O4. The van der Waals surface area contributed by atoms with Gasteiger partial charge in [0, 0.05) is 18.6 Å². The summed E-state index contributed by atoms with van der Waals surface area (Å²) in [7, 11) is 0. The number of hydrogen-bond acceptors (Lipinski definition) is 7. The number of nitrogens with one attached hydrogen (secondary N) is 1. The van der Waals surface area contributed by atoms with Crippen LogP contribution in [0.15, 0.2) is 59.6 Å². The summed E-state index contributed by atoms with van der Waals surface area (Å²) in [6, 6.07) is 17.6. The molecule has 0 radical (unpaired) electrons. The number of carbonyl (C=O) groups is 1. The van der Waals surface area contributed by atoms with Gasteiger partial charge in [-0.05, 0) is 64.8 Å². The van der Waals surface area contributed by atoms with Crippen LogP contribution in [0.1, 0.15) is 58.9 Å². The molecule has 1 atom stereocenters. The van der Waals surface area contributed by atoms with Crippen LogP contribution in [0, 0.1) is 0 Å². The molecule has 2 aromatic carbocycles. The smallest absolute Gasteiger partial charge is 0.305 e. The van der Waals surface area contributed by atoms with Crippen LogP contribution in [0.3, 0.4) is 0 Å². The number of hydrogen-bond donors (Lipinski definition) is 1. The molecule has 1 heterocycles. The van der Waals surface area contributed by atoms with Crippen LogP contribution in [-0.2, 0) is 20.0 Å². The average Bonchev–Trinajstić information content (AvgIpc) is 3.17. The van der Waals surface area contributed by atoms with E-state index in [0.717, 1.165) is 36.3 Å². The van der Waals surface area contributed by atoms with Gasteiger partial charge in [-0.3, -0.25) is 14.8 Å². The Morgan fingerprint density at radius 1 is 1.03 bits per heavy atom. The highest BCUT2D eigenvalue weighted by atomic mass is 16.5. The van der Waals surface area contributed by atoms with Gasteiger partial charge in [0.2, 0.25) is 0 Å². The second-order valence-electron chi connectivity index (χ2n) is 8.67. The van der Waals surface area contributed by atoms with Gasteiger partial charge in [-0.15, -0.1) is 0 Å². The normalized spacial score (nSPS) is 16.4. The van der Waals surface area contributed by atoms with E-state index in [0.29, 0.717) is 19.6 Å². The van der Waals surface area contributed by atoms with E-state index in [1.165, 1.54) is 0 Å². The summed E-state index contributed by atoms with van der Waals surface area (Å²) in [5, 5.41) is 1.92. The van der Waals surface area contributed by atoms with E-state index in [2.05, 4.69) is 10.4 Å². The Kier molecular flexibility index (Phi) is 8.47. The first-order valence-corrected chi connectivity index (χ1v) is 11.6. The van der Waals surface area contributed by atoms with E-state index in [9.17, 15) is 4.79 Å². The topological polar surface area (TPSA) is 72.4 Å². The zero-order chi connectivity index (χ0) is 23.7. The molecule has 2 aromatic rings. The third-order valence-corrected chi connectivity index (χ3v) is 5.43. The first kappa shape index (κ1) is 24.7. The van der Waals surface area contributed by atoms with Crippen LogP contribution < -0.4 is 10.2 Å². The molecule has 1 N–H and O–H groups in total. The van der Waals surface area contributed by atoms with Crippen molar-refractivity contribution in [3.63, 3.8) is 0 Å². The largest absolute Gasteiger partial charge is 0.466 e. The first-order valence-electron chi connectivity index (χ1n) is 11.6. The highest BCUT2D eigenvalue weighted by Gasteiger charge is 2.39. The molecule has 1 aliphatic heterocycles. The lowest BCUT2D eigenvalue weighted by molar-refractivity contribution is -0.144. The molecule has 1 unspecified atom stereocenters. The molecule has 0 fully saturated rings. The lowest BCUT2D eigenvalue weighted by atomic mass is 10.0. The van der Waals surface area contributed by atoms with Crippen LogP contribution in [0.2, 0.25) is 0 Å². The molecule has 178 valence electrons. The second-order valence-corrected chi connectivity index (χ2v) is 8.67. The SMILES string of the molecule is CCOC(=O)CCCCCOC(C)(c1ccc(Oc2ccccc2)cc1)N1C=NC(C)(C)N1. The number of carbonyl (C=O) groups excluding carboxylic acids is 1. The molecular weight excluding hydrogens is 418 g/mol. The molecule has 3 rings (SSSR count). The Morgan fingerprint density at radius 2 is 1.73 bits per heavy atom. The van der Waals surface area contributed by atoms with Crippen molar-refractivity contribution in [3.05, 3.63) is 60.2 Å². The summed E-state index contributed by atoms with van der Waals surface area (Å²) in [6.45, 7) is 8.85. The molecule has 0 aromatic heterocycles. The van der Waals surface area contributed by atoms with Crippen molar-refractivity contribution < 1.29 is 19.0 Å². The number of nitrogens with zero attached hydrogens (tertiary/aromatic N) is 2. The van der Waals surface area contributed by atoms with Crippen molar-refractivity contribution in [1.29, 1.82) is 0 Å². The summed E-state index contributed by atoms with van der Waals surface area (Å²) in [5.74, 6) is 1.41. The minimum Gasteiger partial charge on any atom is -0.466 e. The quantitative estimate of drug-likeness (QED) is 0.344. The molecule has 0 bridgehead atoms. The number of hydrazine groups is 1. The number of rotatable bonds is 12. The molecule has 7 heteroatoms. The van der Waals surface area contributed by atoms with E-state index in [-0.39, 0.29) is 5.97 Å². The van der Waals surface area contributed by atoms with Crippen LogP contribution >= 0.6 is 0 Å². The van der Waals surface area contributed by atoms with Gasteiger partial charge in [0.1, 0.15) is 23.5 Å². The Labute approximate surface area is 196 Å². The van der Waals surface area contributed by atoms with Gasteiger partial charge in [0.05, 0.1) is 6.61 Å². The standard InChI is InChI=1S/C26H35N3O4/c1-5-31-24(30)14-10-7-11-19-32-26(4,29-20-27-25(2,3)28-29)21-15-17-23(18-16-21)33-22-12-8-6-9-13-22/h6,8-9,12-13,15-18,20,28H,5,7,10-11,14,19H2,1-4H3. The highest BCUT2D eigenvalue weighted by Crippen LogP contribution is 2.33. The molecule has 0 amide bonds. The summed E-state index contributed by atoms with van der Waals surface area (Å²) in [4.78, 5) is 16.0. The maximum absolute atomic E-state index is 11.5. The number of para-hydroxylation sites is 1. The van der Waals surface area contributed by atoms with Crippen LogP contribution in [0.5, 0.6) is 11.5 Å². The maximum Gasteiger partial charge on any atom is 0.305 e. The van der Waals surface area contributed by atoms with E-state index >= 15 is 0 Å². The molecule has 0 saturated heterocycles.